The van der Waals surface area contributed by atoms with Crippen LogP contribution in [0.25, 0.3) is 0 Å². The highest BCUT2D eigenvalue weighted by Gasteiger charge is 2.18. The largest absolute Gasteiger partial charge is 0.384 e. The van der Waals surface area contributed by atoms with Crippen molar-refractivity contribution >= 4 is 22.7 Å². The molecule has 0 spiro atoms. The molecule has 0 aromatic heterocycles. The molecule has 1 heterocycles. The number of hydrogen-bond acceptors (Lipinski definition) is 3. The normalized spacial score (nSPS) is 13.6. The van der Waals surface area contributed by atoms with E-state index >= 15 is 0 Å². The Morgan fingerprint density at radius 1 is 0.944 bits per heavy atom. The van der Waals surface area contributed by atoms with Gasteiger partial charge in [0.1, 0.15) is 0 Å². The zero-order chi connectivity index (χ0) is 12.5. The van der Waals surface area contributed by atoms with Crippen molar-refractivity contribution in [3.63, 3.8) is 0 Å². The fourth-order valence-corrected chi connectivity index (χ4v) is 2.17. The van der Waals surface area contributed by atoms with Crippen LogP contribution in [0.5, 0.6) is 0 Å². The van der Waals surface area contributed by atoms with Crippen LogP contribution in [-0.4, -0.2) is 5.11 Å². The molecular weight excluding hydrogens is 224 g/mol. The van der Waals surface area contributed by atoms with Gasteiger partial charge in [0.2, 0.25) is 0 Å². The number of nitrogens with one attached hydrogen (secondary N) is 2. The fraction of sp³-hybridized carbons (Fsp3) is 0.0667. The van der Waals surface area contributed by atoms with Crippen molar-refractivity contribution < 1.29 is 5.11 Å². The van der Waals surface area contributed by atoms with Crippen LogP contribution in [0.4, 0.5) is 22.7 Å². The second kappa shape index (κ2) is 4.20. The molecule has 1 aliphatic rings. The summed E-state index contributed by atoms with van der Waals surface area (Å²) in [6, 6.07) is 13.8. The van der Waals surface area contributed by atoms with Crippen LogP contribution in [0, 0.1) is 0 Å². The maximum absolute atomic E-state index is 9.95. The molecule has 90 valence electrons. The number of hydrogen-bond donors (Lipinski definition) is 3. The summed E-state index contributed by atoms with van der Waals surface area (Å²) in [5.41, 5.74) is 4.74. The summed E-state index contributed by atoms with van der Waals surface area (Å²) in [5.74, 6) is 0. The molecule has 3 nitrogen and oxygen atoms in total. The van der Waals surface area contributed by atoms with Crippen LogP contribution >= 0.6 is 0 Å². The van der Waals surface area contributed by atoms with Gasteiger partial charge in [0.15, 0.2) is 0 Å². The molecular formula is C15H14N2O. The van der Waals surface area contributed by atoms with Crippen molar-refractivity contribution in [3.8, 4) is 0 Å². The highest BCUT2D eigenvalue weighted by molar-refractivity contribution is 5.91. The highest BCUT2D eigenvalue weighted by atomic mass is 16.3. The van der Waals surface area contributed by atoms with Crippen LogP contribution in [0.1, 0.15) is 11.7 Å². The Bertz CT molecular complexity index is 607. The molecule has 1 aliphatic heterocycles. The van der Waals surface area contributed by atoms with Crippen LogP contribution in [0.3, 0.4) is 0 Å². The van der Waals surface area contributed by atoms with Gasteiger partial charge in [-0.15, -0.1) is 6.58 Å². The molecule has 1 atom stereocenters. The number of fused-ring (bicyclic) bond motifs is 2. The van der Waals surface area contributed by atoms with Gasteiger partial charge in [0.25, 0.3) is 0 Å². The molecule has 0 amide bonds. The zero-order valence-electron chi connectivity index (χ0n) is 9.85. The molecule has 3 rings (SSSR count). The number of para-hydroxylation sites is 3. The van der Waals surface area contributed by atoms with Gasteiger partial charge in [-0.3, -0.25) is 0 Å². The summed E-state index contributed by atoms with van der Waals surface area (Å²) in [6.45, 7) is 3.63. The third-order valence-electron chi connectivity index (χ3n) is 3.09. The van der Waals surface area contributed by atoms with Crippen molar-refractivity contribution in [2.24, 2.45) is 0 Å². The SMILES string of the molecule is C=CC(O)c1cccc2c1Nc1ccccc1N2. The standard InChI is InChI=1S/C15H14N2O/c1-2-14(18)10-6-5-9-13-15(10)17-12-8-4-3-7-11(12)16-13/h2-9,14,16-18H,1H2. The lowest BCUT2D eigenvalue weighted by atomic mass is 10.0. The second-order valence-electron chi connectivity index (χ2n) is 4.25. The van der Waals surface area contributed by atoms with E-state index in [1.54, 1.807) is 0 Å². The Kier molecular flexibility index (Phi) is 2.54. The predicted octanol–water partition coefficient (Wildman–Crippen LogP) is 3.71. The molecule has 18 heavy (non-hydrogen) atoms. The van der Waals surface area contributed by atoms with E-state index in [-0.39, 0.29) is 0 Å². The molecule has 1 unspecified atom stereocenters. The summed E-state index contributed by atoms with van der Waals surface area (Å²) in [7, 11) is 0. The first-order valence-electron chi connectivity index (χ1n) is 5.86. The molecule has 0 fully saturated rings. The molecule has 3 N–H and O–H groups in total. The van der Waals surface area contributed by atoms with Gasteiger partial charge in [0.05, 0.1) is 28.9 Å². The number of benzene rings is 2. The topological polar surface area (TPSA) is 44.3 Å². The zero-order valence-corrected chi connectivity index (χ0v) is 9.85. The molecule has 2 aromatic rings. The number of aliphatic hydroxyl groups is 1. The molecule has 2 aromatic carbocycles. The van der Waals surface area contributed by atoms with E-state index in [0.717, 1.165) is 28.3 Å². The fourth-order valence-electron chi connectivity index (χ4n) is 2.17. The molecule has 0 saturated heterocycles. The van der Waals surface area contributed by atoms with Gasteiger partial charge in [-0.25, -0.2) is 0 Å². The van der Waals surface area contributed by atoms with Crippen molar-refractivity contribution in [2.45, 2.75) is 6.10 Å². The van der Waals surface area contributed by atoms with E-state index in [1.165, 1.54) is 6.08 Å². The minimum absolute atomic E-state index is 0.667. The van der Waals surface area contributed by atoms with E-state index in [2.05, 4.69) is 17.2 Å². The van der Waals surface area contributed by atoms with Crippen LogP contribution < -0.4 is 10.6 Å². The van der Waals surface area contributed by atoms with E-state index in [0.29, 0.717) is 0 Å². The summed E-state index contributed by atoms with van der Waals surface area (Å²) < 4.78 is 0. The predicted molar refractivity (Wildman–Crippen MR) is 74.6 cm³/mol. The molecule has 0 radical (unpaired) electrons. The lowest BCUT2D eigenvalue weighted by Gasteiger charge is -2.26. The summed E-state index contributed by atoms with van der Waals surface area (Å²) >= 11 is 0. The lowest BCUT2D eigenvalue weighted by molar-refractivity contribution is 0.230. The Hall–Kier alpha value is -2.26. The van der Waals surface area contributed by atoms with Crippen molar-refractivity contribution in [1.29, 1.82) is 0 Å². The van der Waals surface area contributed by atoms with Crippen molar-refractivity contribution in [2.75, 3.05) is 10.6 Å². The van der Waals surface area contributed by atoms with Crippen molar-refractivity contribution in [1.82, 2.24) is 0 Å². The Labute approximate surface area is 106 Å². The maximum atomic E-state index is 9.95. The summed E-state index contributed by atoms with van der Waals surface area (Å²) in [6.07, 6.45) is 0.858. The number of anilines is 4. The van der Waals surface area contributed by atoms with Gasteiger partial charge < -0.3 is 15.7 Å². The first-order valence-corrected chi connectivity index (χ1v) is 5.86. The Morgan fingerprint density at radius 2 is 1.61 bits per heavy atom. The minimum atomic E-state index is -0.667. The van der Waals surface area contributed by atoms with E-state index in [9.17, 15) is 5.11 Å². The summed E-state index contributed by atoms with van der Waals surface area (Å²) in [4.78, 5) is 0. The Morgan fingerprint density at radius 3 is 2.33 bits per heavy atom. The van der Waals surface area contributed by atoms with Gasteiger partial charge in [-0.1, -0.05) is 30.3 Å². The van der Waals surface area contributed by atoms with E-state index in [4.69, 9.17) is 0 Å². The van der Waals surface area contributed by atoms with Crippen molar-refractivity contribution in [3.05, 3.63) is 60.7 Å². The maximum Gasteiger partial charge on any atom is 0.0989 e. The first kappa shape index (κ1) is 10.9. The number of rotatable bonds is 2. The molecule has 0 bridgehead atoms. The van der Waals surface area contributed by atoms with Crippen LogP contribution in [0.15, 0.2) is 55.1 Å². The van der Waals surface area contributed by atoms with Gasteiger partial charge in [0, 0.05) is 5.56 Å². The quantitative estimate of drug-likeness (QED) is 0.596. The van der Waals surface area contributed by atoms with Gasteiger partial charge in [-0.2, -0.15) is 0 Å². The van der Waals surface area contributed by atoms with Crippen LogP contribution in [-0.2, 0) is 0 Å². The van der Waals surface area contributed by atoms with E-state index < -0.39 is 6.10 Å². The van der Waals surface area contributed by atoms with Gasteiger partial charge in [-0.05, 0) is 18.2 Å². The smallest absolute Gasteiger partial charge is 0.0989 e. The minimum Gasteiger partial charge on any atom is -0.384 e. The second-order valence-corrected chi connectivity index (χ2v) is 4.25. The molecule has 0 aliphatic carbocycles. The van der Waals surface area contributed by atoms with Gasteiger partial charge >= 0.3 is 0 Å². The monoisotopic (exact) mass is 238 g/mol. The van der Waals surface area contributed by atoms with E-state index in [1.807, 2.05) is 42.5 Å². The van der Waals surface area contributed by atoms with Crippen LogP contribution in [0.2, 0.25) is 0 Å². The highest BCUT2D eigenvalue weighted by Crippen LogP contribution is 2.41. The molecule has 0 saturated carbocycles. The lowest BCUT2D eigenvalue weighted by Crippen LogP contribution is -2.09. The number of aliphatic hydroxyl groups excluding tert-OH is 1. The first-order chi connectivity index (χ1) is 8.79. The average Bonchev–Trinajstić information content (AvgIpc) is 2.43. The summed E-state index contributed by atoms with van der Waals surface area (Å²) in [5, 5.41) is 16.7. The Balaban J connectivity index is 2.10. The third-order valence-corrected chi connectivity index (χ3v) is 3.09. The third kappa shape index (κ3) is 1.65. The molecule has 3 heteroatoms. The average molecular weight is 238 g/mol.